The van der Waals surface area contributed by atoms with E-state index in [-0.39, 0.29) is 36.0 Å². The van der Waals surface area contributed by atoms with Gasteiger partial charge in [-0.05, 0) is 43.5 Å². The summed E-state index contributed by atoms with van der Waals surface area (Å²) < 4.78 is 0. The van der Waals surface area contributed by atoms with Crippen molar-refractivity contribution < 1.29 is 19.8 Å². The number of benzene rings is 2. The van der Waals surface area contributed by atoms with Gasteiger partial charge in [-0.3, -0.25) is 9.59 Å². The number of carbonyl (C=O) groups excluding carboxylic acids is 2. The summed E-state index contributed by atoms with van der Waals surface area (Å²) in [4.78, 5) is 23.9. The van der Waals surface area contributed by atoms with E-state index in [1.807, 2.05) is 26.0 Å². The minimum absolute atomic E-state index is 0.0468. The van der Waals surface area contributed by atoms with Crippen LogP contribution in [0.4, 0.5) is 0 Å². The number of rotatable bonds is 7. The Morgan fingerprint density at radius 1 is 0.960 bits per heavy atom. The summed E-state index contributed by atoms with van der Waals surface area (Å²) in [5, 5.41) is 21.7. The summed E-state index contributed by atoms with van der Waals surface area (Å²) in [5.74, 6) is -0.550. The second-order valence-corrected chi connectivity index (χ2v) is 6.16. The number of phenolic OH excluding ortho intramolecular Hbond substituents is 2. The summed E-state index contributed by atoms with van der Waals surface area (Å²) in [6.07, 6.45) is 0.859. The smallest absolute Gasteiger partial charge is 0.220 e. The van der Waals surface area contributed by atoms with E-state index in [9.17, 15) is 19.8 Å². The molecule has 0 saturated heterocycles. The molecule has 0 aliphatic heterocycles. The van der Waals surface area contributed by atoms with Crippen molar-refractivity contribution in [2.75, 3.05) is 6.54 Å². The van der Waals surface area contributed by atoms with Crippen molar-refractivity contribution in [2.24, 2.45) is 0 Å². The van der Waals surface area contributed by atoms with Crippen LogP contribution in [-0.2, 0) is 11.2 Å². The van der Waals surface area contributed by atoms with Crippen LogP contribution in [0.25, 0.3) is 0 Å². The molecule has 2 aromatic rings. The molecule has 25 heavy (non-hydrogen) atoms. The Balaban J connectivity index is 1.76. The first-order valence-corrected chi connectivity index (χ1v) is 8.25. The molecule has 0 unspecified atom stereocenters. The molecule has 5 nitrogen and oxygen atoms in total. The first-order valence-electron chi connectivity index (χ1n) is 8.25. The zero-order valence-electron chi connectivity index (χ0n) is 14.5. The number of aromatic hydroxyl groups is 2. The van der Waals surface area contributed by atoms with Gasteiger partial charge < -0.3 is 15.5 Å². The van der Waals surface area contributed by atoms with Gasteiger partial charge in [0, 0.05) is 24.9 Å². The maximum Gasteiger partial charge on any atom is 0.220 e. The average molecular weight is 341 g/mol. The van der Waals surface area contributed by atoms with Crippen molar-refractivity contribution in [2.45, 2.75) is 33.1 Å². The van der Waals surface area contributed by atoms with Crippen LogP contribution in [0.1, 0.15) is 39.9 Å². The molecule has 132 valence electrons. The van der Waals surface area contributed by atoms with Crippen molar-refractivity contribution in [1.29, 1.82) is 0 Å². The van der Waals surface area contributed by atoms with E-state index in [0.717, 1.165) is 16.7 Å². The topological polar surface area (TPSA) is 86.6 Å². The average Bonchev–Trinajstić information content (AvgIpc) is 2.58. The van der Waals surface area contributed by atoms with Gasteiger partial charge in [-0.2, -0.15) is 0 Å². The maximum atomic E-state index is 12.0. The maximum absolute atomic E-state index is 12.0. The van der Waals surface area contributed by atoms with E-state index in [1.54, 1.807) is 12.1 Å². The molecule has 5 heteroatoms. The van der Waals surface area contributed by atoms with Crippen molar-refractivity contribution in [3.8, 4) is 11.5 Å². The largest absolute Gasteiger partial charge is 0.504 e. The van der Waals surface area contributed by atoms with Gasteiger partial charge >= 0.3 is 0 Å². The number of nitrogens with one attached hydrogen (secondary N) is 1. The molecule has 1 amide bonds. The minimum Gasteiger partial charge on any atom is -0.504 e. The van der Waals surface area contributed by atoms with Gasteiger partial charge in [0.25, 0.3) is 0 Å². The summed E-state index contributed by atoms with van der Waals surface area (Å²) in [6.45, 7) is 4.19. The van der Waals surface area contributed by atoms with E-state index in [4.69, 9.17) is 0 Å². The van der Waals surface area contributed by atoms with Gasteiger partial charge in [0.2, 0.25) is 5.91 Å². The lowest BCUT2D eigenvalue weighted by molar-refractivity contribution is -0.121. The summed E-state index contributed by atoms with van der Waals surface area (Å²) in [5.41, 5.74) is 3.41. The molecule has 3 N–H and O–H groups in total. The summed E-state index contributed by atoms with van der Waals surface area (Å²) in [7, 11) is 0. The summed E-state index contributed by atoms with van der Waals surface area (Å²) in [6, 6.07) is 10.3. The fourth-order valence-electron chi connectivity index (χ4n) is 2.53. The molecular formula is C20H23NO4. The van der Waals surface area contributed by atoms with Gasteiger partial charge in [0.1, 0.15) is 0 Å². The standard InChI is InChI=1S/C20H23NO4/c1-13-3-5-15(6-4-13)17(22)7-8-20(25)21-10-9-16-12-19(24)18(23)11-14(16)2/h3-6,11-12,23-24H,7-10H2,1-2H3,(H,21,25). The number of hydrogen-bond donors (Lipinski definition) is 3. The van der Waals surface area contributed by atoms with Crippen LogP contribution in [0, 0.1) is 13.8 Å². The number of Topliss-reactive ketones (excluding diaryl/α,β-unsaturated/α-hetero) is 1. The van der Waals surface area contributed by atoms with Crippen LogP contribution in [-0.4, -0.2) is 28.4 Å². The van der Waals surface area contributed by atoms with Crippen LogP contribution < -0.4 is 5.32 Å². The highest BCUT2D eigenvalue weighted by molar-refractivity contribution is 5.97. The number of aryl methyl sites for hydroxylation is 2. The Morgan fingerprint density at radius 2 is 1.60 bits per heavy atom. The molecule has 0 aromatic heterocycles. The number of phenols is 2. The Morgan fingerprint density at radius 3 is 2.28 bits per heavy atom. The lowest BCUT2D eigenvalue weighted by atomic mass is 10.0. The van der Waals surface area contributed by atoms with Gasteiger partial charge in [-0.15, -0.1) is 0 Å². The molecule has 2 rings (SSSR count). The predicted molar refractivity (Wildman–Crippen MR) is 96.0 cm³/mol. The van der Waals surface area contributed by atoms with Gasteiger partial charge in [-0.25, -0.2) is 0 Å². The number of hydrogen-bond acceptors (Lipinski definition) is 4. The number of carbonyl (C=O) groups is 2. The molecule has 0 fully saturated rings. The normalized spacial score (nSPS) is 10.5. The Kier molecular flexibility index (Phi) is 6.17. The van der Waals surface area contributed by atoms with Gasteiger partial charge in [0.05, 0.1) is 0 Å². The molecule has 0 spiro atoms. The fraction of sp³-hybridized carbons (Fsp3) is 0.300. The highest BCUT2D eigenvalue weighted by Gasteiger charge is 2.10. The summed E-state index contributed by atoms with van der Waals surface area (Å²) >= 11 is 0. The van der Waals surface area contributed by atoms with Crippen molar-refractivity contribution >= 4 is 11.7 Å². The van der Waals surface area contributed by atoms with Crippen LogP contribution in [0.15, 0.2) is 36.4 Å². The molecule has 0 bridgehead atoms. The Bertz CT molecular complexity index is 766. The molecule has 0 heterocycles. The lowest BCUT2D eigenvalue weighted by Gasteiger charge is -2.09. The number of amides is 1. The highest BCUT2D eigenvalue weighted by atomic mass is 16.3. The molecule has 0 aliphatic carbocycles. The van der Waals surface area contributed by atoms with Crippen molar-refractivity contribution in [3.05, 3.63) is 58.7 Å². The Labute approximate surface area is 147 Å². The quantitative estimate of drug-likeness (QED) is 0.534. The predicted octanol–water partition coefficient (Wildman–Crippen LogP) is 3.04. The Hall–Kier alpha value is -2.82. The molecular weight excluding hydrogens is 318 g/mol. The van der Waals surface area contributed by atoms with E-state index >= 15 is 0 Å². The monoisotopic (exact) mass is 341 g/mol. The van der Waals surface area contributed by atoms with Crippen molar-refractivity contribution in [3.63, 3.8) is 0 Å². The van der Waals surface area contributed by atoms with E-state index < -0.39 is 0 Å². The molecule has 0 radical (unpaired) electrons. The third kappa shape index (κ3) is 5.35. The van der Waals surface area contributed by atoms with Crippen LogP contribution in [0.2, 0.25) is 0 Å². The first-order chi connectivity index (χ1) is 11.9. The zero-order valence-corrected chi connectivity index (χ0v) is 14.5. The van der Waals surface area contributed by atoms with E-state index in [0.29, 0.717) is 18.5 Å². The van der Waals surface area contributed by atoms with Gasteiger partial charge in [0.15, 0.2) is 17.3 Å². The molecule has 0 atom stereocenters. The zero-order chi connectivity index (χ0) is 18.4. The second kappa shape index (κ2) is 8.33. The second-order valence-electron chi connectivity index (χ2n) is 6.16. The van der Waals surface area contributed by atoms with Gasteiger partial charge in [-0.1, -0.05) is 29.8 Å². The van der Waals surface area contributed by atoms with Crippen LogP contribution in [0.3, 0.4) is 0 Å². The van der Waals surface area contributed by atoms with E-state index in [1.165, 1.54) is 12.1 Å². The third-order valence-electron chi connectivity index (χ3n) is 4.10. The molecule has 0 aliphatic rings. The fourth-order valence-corrected chi connectivity index (χ4v) is 2.53. The minimum atomic E-state index is -0.180. The third-order valence-corrected chi connectivity index (χ3v) is 4.10. The first kappa shape index (κ1) is 18.5. The van der Waals surface area contributed by atoms with E-state index in [2.05, 4.69) is 5.32 Å². The van der Waals surface area contributed by atoms with Crippen LogP contribution >= 0.6 is 0 Å². The lowest BCUT2D eigenvalue weighted by Crippen LogP contribution is -2.26. The molecule has 0 saturated carbocycles. The highest BCUT2D eigenvalue weighted by Crippen LogP contribution is 2.28. The van der Waals surface area contributed by atoms with Crippen molar-refractivity contribution in [1.82, 2.24) is 5.32 Å². The number of ketones is 1. The van der Waals surface area contributed by atoms with Crippen LogP contribution in [0.5, 0.6) is 11.5 Å². The molecule has 2 aromatic carbocycles. The SMILES string of the molecule is Cc1ccc(C(=O)CCC(=O)NCCc2cc(O)c(O)cc2C)cc1.